The van der Waals surface area contributed by atoms with Crippen LogP contribution in [0.2, 0.25) is 0 Å². The molecule has 0 atom stereocenters. The third-order valence-electron chi connectivity index (χ3n) is 2.43. The van der Waals surface area contributed by atoms with Gasteiger partial charge >= 0.3 is 0 Å². The van der Waals surface area contributed by atoms with Gasteiger partial charge in [0.2, 0.25) is 0 Å². The van der Waals surface area contributed by atoms with E-state index in [9.17, 15) is 4.21 Å². The fourth-order valence-electron chi connectivity index (χ4n) is 1.30. The summed E-state index contributed by atoms with van der Waals surface area (Å²) in [6.45, 7) is 4.39. The predicted molar refractivity (Wildman–Crippen MR) is 40.9 cm³/mol. The van der Waals surface area contributed by atoms with Crippen molar-refractivity contribution in [2.24, 2.45) is 5.41 Å². The smallest absolute Gasteiger partial charge is 0.0300 e. The van der Waals surface area contributed by atoms with Gasteiger partial charge in [-0.3, -0.25) is 4.21 Å². The molecule has 1 nitrogen and oxygen atoms in total. The first-order valence-electron chi connectivity index (χ1n) is 3.57. The molecule has 0 unspecified atom stereocenters. The Hall–Kier alpha value is 0.150. The first-order chi connectivity index (χ1) is 4.22. The lowest BCUT2D eigenvalue weighted by molar-refractivity contribution is 0.321. The van der Waals surface area contributed by atoms with E-state index < -0.39 is 10.8 Å². The largest absolute Gasteiger partial charge is 0.260 e. The summed E-state index contributed by atoms with van der Waals surface area (Å²) in [5.74, 6) is 1.92. The molecule has 0 aromatic rings. The molecule has 0 aromatic carbocycles. The van der Waals surface area contributed by atoms with E-state index in [2.05, 4.69) is 13.8 Å². The normalized spacial score (nSPS) is 25.6. The van der Waals surface area contributed by atoms with Gasteiger partial charge in [-0.05, 0) is 18.3 Å². The lowest BCUT2D eigenvalue weighted by Crippen LogP contribution is -2.43. The van der Waals surface area contributed by atoms with Crippen LogP contribution in [0, 0.1) is 5.41 Å². The molecule has 0 aliphatic carbocycles. The van der Waals surface area contributed by atoms with Crippen molar-refractivity contribution in [1.82, 2.24) is 0 Å². The van der Waals surface area contributed by atoms with Crippen molar-refractivity contribution < 1.29 is 4.21 Å². The maximum absolute atomic E-state index is 10.7. The highest BCUT2D eigenvalue weighted by molar-refractivity contribution is 7.86. The Balaban J connectivity index is 2.44. The molecule has 54 valence electrons. The molecule has 9 heavy (non-hydrogen) atoms. The Labute approximate surface area is 59.3 Å². The van der Waals surface area contributed by atoms with Gasteiger partial charge in [0, 0.05) is 22.3 Å². The topological polar surface area (TPSA) is 17.1 Å². The molecule has 1 heterocycles. The van der Waals surface area contributed by atoms with Crippen LogP contribution in [0.1, 0.15) is 26.7 Å². The fourth-order valence-corrected chi connectivity index (χ4v) is 3.40. The zero-order valence-corrected chi connectivity index (χ0v) is 6.96. The predicted octanol–water partition coefficient (Wildman–Crippen LogP) is 1.56. The Kier molecular flexibility index (Phi) is 1.94. The van der Waals surface area contributed by atoms with Gasteiger partial charge in [-0.25, -0.2) is 0 Å². The monoisotopic (exact) mass is 146 g/mol. The fraction of sp³-hybridized carbons (Fsp3) is 1.00. The van der Waals surface area contributed by atoms with Crippen molar-refractivity contribution in [3.63, 3.8) is 0 Å². The number of rotatable bonds is 2. The standard InChI is InChI=1S/C7H14OS/c1-3-7(4-2)5-9(8)6-7/h3-6H2,1-2H3. The van der Waals surface area contributed by atoms with Gasteiger partial charge in [0.1, 0.15) is 0 Å². The van der Waals surface area contributed by atoms with E-state index in [1.807, 2.05) is 0 Å². The van der Waals surface area contributed by atoms with E-state index in [4.69, 9.17) is 0 Å². The Morgan fingerprint density at radius 2 is 1.78 bits per heavy atom. The van der Waals surface area contributed by atoms with Crippen molar-refractivity contribution >= 4 is 10.8 Å². The molecule has 1 aliphatic rings. The SMILES string of the molecule is CCC1(CC)CS(=O)C1. The molecule has 2 heteroatoms. The minimum Gasteiger partial charge on any atom is -0.260 e. The molecule has 0 spiro atoms. The van der Waals surface area contributed by atoms with Crippen molar-refractivity contribution in [3.8, 4) is 0 Å². The minimum atomic E-state index is -0.461. The molecular formula is C7H14OS. The molecule has 0 amide bonds. The first-order valence-corrected chi connectivity index (χ1v) is 5.06. The highest BCUT2D eigenvalue weighted by atomic mass is 32.2. The van der Waals surface area contributed by atoms with Crippen LogP contribution in [0.4, 0.5) is 0 Å². The second-order valence-electron chi connectivity index (χ2n) is 2.94. The second-order valence-corrected chi connectivity index (χ2v) is 4.39. The van der Waals surface area contributed by atoms with Crippen LogP contribution >= 0.6 is 0 Å². The average Bonchev–Trinajstić information content (AvgIpc) is 1.81. The van der Waals surface area contributed by atoms with E-state index in [1.54, 1.807) is 0 Å². The van der Waals surface area contributed by atoms with Crippen LogP contribution in [0.5, 0.6) is 0 Å². The highest BCUT2D eigenvalue weighted by Gasteiger charge is 2.39. The second kappa shape index (κ2) is 2.41. The average molecular weight is 146 g/mol. The van der Waals surface area contributed by atoms with Crippen LogP contribution < -0.4 is 0 Å². The lowest BCUT2D eigenvalue weighted by Gasteiger charge is -2.39. The van der Waals surface area contributed by atoms with Gasteiger partial charge in [-0.2, -0.15) is 0 Å². The quantitative estimate of drug-likeness (QED) is 0.577. The summed E-state index contributed by atoms with van der Waals surface area (Å²) >= 11 is 0. The molecule has 1 aliphatic heterocycles. The number of hydrogen-bond acceptors (Lipinski definition) is 1. The molecule has 1 fully saturated rings. The summed E-state index contributed by atoms with van der Waals surface area (Å²) in [5, 5.41) is 0. The van der Waals surface area contributed by atoms with E-state index in [0.717, 1.165) is 11.5 Å². The van der Waals surface area contributed by atoms with Crippen LogP contribution in [0.15, 0.2) is 0 Å². The first kappa shape index (κ1) is 7.26. The van der Waals surface area contributed by atoms with Crippen LogP contribution in [-0.2, 0) is 10.8 Å². The zero-order chi connectivity index (χ0) is 6.91. The van der Waals surface area contributed by atoms with Crippen molar-refractivity contribution in [3.05, 3.63) is 0 Å². The third-order valence-corrected chi connectivity index (χ3v) is 4.30. The van der Waals surface area contributed by atoms with Gasteiger partial charge in [0.05, 0.1) is 0 Å². The summed E-state index contributed by atoms with van der Waals surface area (Å²) in [5.41, 5.74) is 0.477. The molecule has 0 bridgehead atoms. The Morgan fingerprint density at radius 1 is 1.33 bits per heavy atom. The van der Waals surface area contributed by atoms with Gasteiger partial charge in [-0.15, -0.1) is 0 Å². The lowest BCUT2D eigenvalue weighted by atomic mass is 9.86. The highest BCUT2D eigenvalue weighted by Crippen LogP contribution is 2.36. The van der Waals surface area contributed by atoms with E-state index in [-0.39, 0.29) is 0 Å². The molecule has 1 saturated heterocycles. The van der Waals surface area contributed by atoms with Crippen molar-refractivity contribution in [2.75, 3.05) is 11.5 Å². The van der Waals surface area contributed by atoms with Gasteiger partial charge < -0.3 is 0 Å². The summed E-state index contributed by atoms with van der Waals surface area (Å²) in [4.78, 5) is 0. The van der Waals surface area contributed by atoms with Gasteiger partial charge in [-0.1, -0.05) is 13.8 Å². The molecular weight excluding hydrogens is 132 g/mol. The Bertz CT molecular complexity index is 117. The van der Waals surface area contributed by atoms with E-state index >= 15 is 0 Å². The summed E-state index contributed by atoms with van der Waals surface area (Å²) in [6.07, 6.45) is 2.41. The van der Waals surface area contributed by atoms with Gasteiger partial charge in [0.25, 0.3) is 0 Å². The Morgan fingerprint density at radius 3 is 1.89 bits per heavy atom. The van der Waals surface area contributed by atoms with E-state index in [0.29, 0.717) is 5.41 Å². The third kappa shape index (κ3) is 1.18. The number of hydrogen-bond donors (Lipinski definition) is 0. The zero-order valence-electron chi connectivity index (χ0n) is 6.14. The molecule has 0 saturated carbocycles. The van der Waals surface area contributed by atoms with Crippen LogP contribution in [-0.4, -0.2) is 15.7 Å². The molecule has 0 N–H and O–H groups in total. The maximum atomic E-state index is 10.7. The van der Waals surface area contributed by atoms with Gasteiger partial charge in [0.15, 0.2) is 0 Å². The summed E-state index contributed by atoms with van der Waals surface area (Å²) in [7, 11) is -0.461. The van der Waals surface area contributed by atoms with Crippen LogP contribution in [0.25, 0.3) is 0 Å². The van der Waals surface area contributed by atoms with Crippen LogP contribution in [0.3, 0.4) is 0 Å². The van der Waals surface area contributed by atoms with Crippen molar-refractivity contribution in [2.45, 2.75) is 26.7 Å². The van der Waals surface area contributed by atoms with E-state index in [1.165, 1.54) is 12.8 Å². The van der Waals surface area contributed by atoms with Crippen molar-refractivity contribution in [1.29, 1.82) is 0 Å². The maximum Gasteiger partial charge on any atom is 0.0300 e. The summed E-state index contributed by atoms with van der Waals surface area (Å²) in [6, 6.07) is 0. The summed E-state index contributed by atoms with van der Waals surface area (Å²) < 4.78 is 10.7. The molecule has 0 aromatic heterocycles. The molecule has 0 radical (unpaired) electrons. The minimum absolute atomic E-state index is 0.461. The molecule has 1 rings (SSSR count).